The smallest absolute Gasteiger partial charge is 0.254 e. The number of likely N-dealkylation sites (tertiary alicyclic amines) is 1. The van der Waals surface area contributed by atoms with Gasteiger partial charge in [-0.1, -0.05) is 11.6 Å². The Balaban J connectivity index is 2.19. The van der Waals surface area contributed by atoms with Crippen LogP contribution in [0.1, 0.15) is 30.1 Å². The Labute approximate surface area is 127 Å². The number of hydrogen-bond donors (Lipinski definition) is 1. The van der Waals surface area contributed by atoms with Crippen molar-refractivity contribution < 1.29 is 4.79 Å². The lowest BCUT2D eigenvalue weighted by atomic mass is 9.93. The van der Waals surface area contributed by atoms with Crippen molar-refractivity contribution in [3.05, 3.63) is 33.3 Å². The highest BCUT2D eigenvalue weighted by Crippen LogP contribution is 2.27. The fraction of sp³-hybridized carbons (Fsp3) is 0.500. The Hall–Kier alpha value is -0.580. The molecular formula is C14H18BrClN2O. The quantitative estimate of drug-likeness (QED) is 0.894. The summed E-state index contributed by atoms with van der Waals surface area (Å²) >= 11 is 9.39. The number of carbonyl (C=O) groups is 1. The molecule has 2 rings (SSSR count). The highest BCUT2D eigenvalue weighted by atomic mass is 79.9. The molecule has 104 valence electrons. The number of nitrogens with two attached hydrogens (primary N) is 1. The second-order valence-corrected chi connectivity index (χ2v) is 6.38. The van der Waals surface area contributed by atoms with Gasteiger partial charge in [-0.05, 0) is 66.4 Å². The maximum absolute atomic E-state index is 12.5. The Morgan fingerprint density at radius 1 is 1.53 bits per heavy atom. The molecule has 19 heavy (non-hydrogen) atoms. The van der Waals surface area contributed by atoms with Crippen molar-refractivity contribution in [2.75, 3.05) is 13.1 Å². The first-order valence-corrected chi connectivity index (χ1v) is 7.66. The largest absolute Gasteiger partial charge is 0.336 e. The van der Waals surface area contributed by atoms with E-state index in [1.165, 1.54) is 0 Å². The number of amides is 1. The molecule has 2 N–H and O–H groups in total. The predicted octanol–water partition coefficient (Wildman–Crippen LogP) is 3.30. The summed E-state index contributed by atoms with van der Waals surface area (Å²) in [6.45, 7) is 3.47. The van der Waals surface area contributed by atoms with Gasteiger partial charge in [-0.3, -0.25) is 4.79 Å². The van der Waals surface area contributed by atoms with Gasteiger partial charge in [-0.2, -0.15) is 0 Å². The number of carbonyl (C=O) groups excluding carboxylic acids is 1. The van der Waals surface area contributed by atoms with Crippen molar-refractivity contribution in [2.45, 2.75) is 25.8 Å². The maximum Gasteiger partial charge on any atom is 0.254 e. The van der Waals surface area contributed by atoms with Crippen molar-refractivity contribution in [3.8, 4) is 0 Å². The van der Waals surface area contributed by atoms with Crippen LogP contribution in [0.25, 0.3) is 0 Å². The summed E-state index contributed by atoms with van der Waals surface area (Å²) in [5, 5.41) is 0.561. The molecule has 0 bridgehead atoms. The van der Waals surface area contributed by atoms with E-state index in [0.29, 0.717) is 23.0 Å². The molecule has 1 fully saturated rings. The molecule has 2 unspecified atom stereocenters. The second kappa shape index (κ2) is 6.25. The van der Waals surface area contributed by atoms with Crippen molar-refractivity contribution in [2.24, 2.45) is 11.7 Å². The summed E-state index contributed by atoms with van der Waals surface area (Å²) in [5.41, 5.74) is 6.37. The van der Waals surface area contributed by atoms with Gasteiger partial charge in [0, 0.05) is 22.6 Å². The molecule has 3 nitrogen and oxygen atoms in total. The van der Waals surface area contributed by atoms with E-state index in [1.807, 2.05) is 11.0 Å². The van der Waals surface area contributed by atoms with E-state index >= 15 is 0 Å². The van der Waals surface area contributed by atoms with Gasteiger partial charge in [0.15, 0.2) is 0 Å². The monoisotopic (exact) mass is 344 g/mol. The molecule has 1 saturated heterocycles. The van der Waals surface area contributed by atoms with Gasteiger partial charge in [0.25, 0.3) is 5.91 Å². The number of halogens is 2. The van der Waals surface area contributed by atoms with Gasteiger partial charge in [-0.15, -0.1) is 0 Å². The first-order valence-electron chi connectivity index (χ1n) is 6.49. The molecule has 1 aromatic carbocycles. The Morgan fingerprint density at radius 2 is 2.26 bits per heavy atom. The summed E-state index contributed by atoms with van der Waals surface area (Å²) in [5.74, 6) is 0.450. The lowest BCUT2D eigenvalue weighted by Gasteiger charge is -2.37. The molecule has 0 radical (unpaired) electrons. The van der Waals surface area contributed by atoms with Crippen LogP contribution in [0.15, 0.2) is 22.7 Å². The SMILES string of the molecule is CC1CCC(CN)CN1C(=O)c1ccc(Br)c(Cl)c1. The summed E-state index contributed by atoms with van der Waals surface area (Å²) in [6, 6.07) is 5.59. The number of piperidine rings is 1. The fourth-order valence-electron chi connectivity index (χ4n) is 2.45. The van der Waals surface area contributed by atoms with Crippen molar-refractivity contribution in [1.29, 1.82) is 0 Å². The fourth-order valence-corrected chi connectivity index (χ4v) is 2.88. The van der Waals surface area contributed by atoms with E-state index in [0.717, 1.165) is 23.9 Å². The maximum atomic E-state index is 12.5. The summed E-state index contributed by atoms with van der Waals surface area (Å²) < 4.78 is 0.803. The van der Waals surface area contributed by atoms with Crippen molar-refractivity contribution in [3.63, 3.8) is 0 Å². The lowest BCUT2D eigenvalue weighted by molar-refractivity contribution is 0.0567. The predicted molar refractivity (Wildman–Crippen MR) is 81.4 cm³/mol. The minimum Gasteiger partial charge on any atom is -0.336 e. The van der Waals surface area contributed by atoms with Crippen molar-refractivity contribution >= 4 is 33.4 Å². The van der Waals surface area contributed by atoms with E-state index < -0.39 is 0 Å². The third kappa shape index (κ3) is 3.30. The lowest BCUT2D eigenvalue weighted by Crippen LogP contribution is -2.47. The molecule has 1 heterocycles. The Kier molecular flexibility index (Phi) is 4.87. The molecule has 5 heteroatoms. The second-order valence-electron chi connectivity index (χ2n) is 5.11. The van der Waals surface area contributed by atoms with Gasteiger partial charge in [0.1, 0.15) is 0 Å². The minimum absolute atomic E-state index is 0.0417. The average Bonchev–Trinajstić information content (AvgIpc) is 2.41. The zero-order chi connectivity index (χ0) is 14.0. The van der Waals surface area contributed by atoms with Crippen LogP contribution in [-0.2, 0) is 0 Å². The van der Waals surface area contributed by atoms with Crippen molar-refractivity contribution in [1.82, 2.24) is 4.90 Å². The van der Waals surface area contributed by atoms with Crippen LogP contribution >= 0.6 is 27.5 Å². The molecule has 1 aliphatic rings. The summed E-state index contributed by atoms with van der Waals surface area (Å²) in [7, 11) is 0. The number of nitrogens with zero attached hydrogens (tertiary/aromatic N) is 1. The topological polar surface area (TPSA) is 46.3 Å². The molecule has 1 aliphatic heterocycles. The molecule has 1 amide bonds. The number of benzene rings is 1. The van der Waals surface area contributed by atoms with E-state index in [2.05, 4.69) is 22.9 Å². The highest BCUT2D eigenvalue weighted by molar-refractivity contribution is 9.10. The zero-order valence-electron chi connectivity index (χ0n) is 10.9. The van der Waals surface area contributed by atoms with Gasteiger partial charge < -0.3 is 10.6 Å². The molecule has 0 spiro atoms. The third-order valence-corrected chi connectivity index (χ3v) is 4.97. The normalized spacial score (nSPS) is 23.5. The zero-order valence-corrected chi connectivity index (χ0v) is 13.2. The van der Waals surface area contributed by atoms with Crippen LogP contribution in [-0.4, -0.2) is 29.9 Å². The number of rotatable bonds is 2. The Morgan fingerprint density at radius 3 is 2.89 bits per heavy atom. The van der Waals surface area contributed by atoms with Crippen LogP contribution < -0.4 is 5.73 Å². The average molecular weight is 346 g/mol. The standard InChI is InChI=1S/C14H18BrClN2O/c1-9-2-3-10(7-17)8-18(9)14(19)11-4-5-12(15)13(16)6-11/h4-6,9-10H,2-3,7-8,17H2,1H3. The first-order chi connectivity index (χ1) is 9.02. The molecule has 0 aromatic heterocycles. The van der Waals surface area contributed by atoms with E-state index in [-0.39, 0.29) is 11.9 Å². The summed E-state index contributed by atoms with van der Waals surface area (Å²) in [4.78, 5) is 14.5. The van der Waals surface area contributed by atoms with E-state index in [4.69, 9.17) is 17.3 Å². The molecular weight excluding hydrogens is 328 g/mol. The highest BCUT2D eigenvalue weighted by Gasteiger charge is 2.29. The van der Waals surface area contributed by atoms with Crippen LogP contribution in [0, 0.1) is 5.92 Å². The van der Waals surface area contributed by atoms with Gasteiger partial charge in [-0.25, -0.2) is 0 Å². The third-order valence-electron chi connectivity index (χ3n) is 3.74. The first kappa shape index (κ1) is 14.8. The Bertz CT molecular complexity index is 481. The van der Waals surface area contributed by atoms with E-state index in [1.54, 1.807) is 12.1 Å². The van der Waals surface area contributed by atoms with Gasteiger partial charge >= 0.3 is 0 Å². The van der Waals surface area contributed by atoms with E-state index in [9.17, 15) is 4.79 Å². The van der Waals surface area contributed by atoms with Crippen LogP contribution in [0.5, 0.6) is 0 Å². The van der Waals surface area contributed by atoms with Crippen LogP contribution in [0.2, 0.25) is 5.02 Å². The molecule has 0 aliphatic carbocycles. The van der Waals surface area contributed by atoms with Gasteiger partial charge in [0.2, 0.25) is 0 Å². The molecule has 2 atom stereocenters. The number of hydrogen-bond acceptors (Lipinski definition) is 2. The van der Waals surface area contributed by atoms with Gasteiger partial charge in [0.05, 0.1) is 5.02 Å². The van der Waals surface area contributed by atoms with Crippen LogP contribution in [0.4, 0.5) is 0 Å². The summed E-state index contributed by atoms with van der Waals surface area (Å²) in [6.07, 6.45) is 2.11. The minimum atomic E-state index is 0.0417. The molecule has 0 saturated carbocycles. The van der Waals surface area contributed by atoms with Crippen LogP contribution in [0.3, 0.4) is 0 Å². The molecule has 1 aromatic rings.